The summed E-state index contributed by atoms with van der Waals surface area (Å²) >= 11 is 0. The number of rotatable bonds is 0. The van der Waals surface area contributed by atoms with Crippen molar-refractivity contribution in [1.82, 2.24) is 0 Å². The first kappa shape index (κ1) is 6.51. The molecule has 0 aromatic carbocycles. The second-order valence-corrected chi connectivity index (χ2v) is 5.91. The third-order valence-corrected chi connectivity index (χ3v) is 5.08. The van der Waals surface area contributed by atoms with Crippen molar-refractivity contribution in [2.75, 3.05) is 0 Å². The summed E-state index contributed by atoms with van der Waals surface area (Å²) in [6.07, 6.45) is 7.80. The zero-order valence-electron chi connectivity index (χ0n) is 7.69. The standard InChI is InChI=1S/C11H18/c1-10-4-8-3-9(5-10)7-11(10,2)6-8/h8-9H,3-7H2,1-2H3. The normalized spacial score (nSPS) is 66.0. The zero-order valence-corrected chi connectivity index (χ0v) is 7.69. The van der Waals surface area contributed by atoms with Crippen molar-refractivity contribution in [1.29, 1.82) is 0 Å². The second kappa shape index (κ2) is 1.53. The quantitative estimate of drug-likeness (QED) is 0.497. The molecule has 0 aromatic rings. The molecule has 4 rings (SSSR count). The lowest BCUT2D eigenvalue weighted by Crippen LogP contribution is -2.25. The summed E-state index contributed by atoms with van der Waals surface area (Å²) in [4.78, 5) is 0. The summed E-state index contributed by atoms with van der Waals surface area (Å²) in [6, 6.07) is 0. The Kier molecular flexibility index (Phi) is 0.906. The predicted molar refractivity (Wildman–Crippen MR) is 46.3 cm³/mol. The van der Waals surface area contributed by atoms with Crippen LogP contribution in [0.15, 0.2) is 0 Å². The van der Waals surface area contributed by atoms with Gasteiger partial charge >= 0.3 is 0 Å². The first-order chi connectivity index (χ1) is 5.11. The molecule has 4 fully saturated rings. The third kappa shape index (κ3) is 0.588. The molecule has 11 heavy (non-hydrogen) atoms. The van der Waals surface area contributed by atoms with Crippen molar-refractivity contribution in [2.24, 2.45) is 22.7 Å². The summed E-state index contributed by atoms with van der Waals surface area (Å²) in [6.45, 7) is 5.10. The molecular weight excluding hydrogens is 132 g/mol. The van der Waals surface area contributed by atoms with E-state index in [0.717, 1.165) is 22.7 Å². The van der Waals surface area contributed by atoms with Crippen molar-refractivity contribution < 1.29 is 0 Å². The monoisotopic (exact) mass is 150 g/mol. The van der Waals surface area contributed by atoms with Gasteiger partial charge in [0.2, 0.25) is 0 Å². The molecule has 0 aromatic heterocycles. The smallest absolute Gasteiger partial charge is 0.0266 e. The molecule has 0 spiro atoms. The molecule has 62 valence electrons. The summed E-state index contributed by atoms with van der Waals surface area (Å²) in [5, 5.41) is 0. The maximum atomic E-state index is 2.55. The molecule has 0 N–H and O–H groups in total. The molecule has 0 atom stereocenters. The summed E-state index contributed by atoms with van der Waals surface area (Å²) in [5.41, 5.74) is 1.53. The van der Waals surface area contributed by atoms with E-state index in [4.69, 9.17) is 0 Å². The molecule has 0 radical (unpaired) electrons. The fourth-order valence-electron chi connectivity index (χ4n) is 4.65. The highest BCUT2D eigenvalue weighted by atomic mass is 14.7. The van der Waals surface area contributed by atoms with E-state index in [-0.39, 0.29) is 0 Å². The van der Waals surface area contributed by atoms with E-state index < -0.39 is 0 Å². The summed E-state index contributed by atoms with van der Waals surface area (Å²) < 4.78 is 0. The minimum Gasteiger partial charge on any atom is -0.0591 e. The molecule has 4 saturated carbocycles. The Morgan fingerprint density at radius 2 is 1.18 bits per heavy atom. The van der Waals surface area contributed by atoms with Crippen LogP contribution in [-0.4, -0.2) is 0 Å². The highest BCUT2D eigenvalue weighted by molar-refractivity contribution is 5.11. The molecule has 0 heteroatoms. The molecule has 4 aliphatic rings. The van der Waals surface area contributed by atoms with E-state index in [9.17, 15) is 0 Å². The minimum atomic E-state index is 0.764. The molecule has 0 nitrogen and oxygen atoms in total. The van der Waals surface area contributed by atoms with Gasteiger partial charge in [-0.15, -0.1) is 0 Å². The largest absolute Gasteiger partial charge is 0.0591 e. The van der Waals surface area contributed by atoms with Crippen LogP contribution in [0.1, 0.15) is 46.0 Å². The van der Waals surface area contributed by atoms with Gasteiger partial charge < -0.3 is 0 Å². The van der Waals surface area contributed by atoms with Crippen LogP contribution in [0.25, 0.3) is 0 Å². The van der Waals surface area contributed by atoms with Crippen LogP contribution >= 0.6 is 0 Å². The van der Waals surface area contributed by atoms with Crippen LogP contribution in [0.5, 0.6) is 0 Å². The maximum Gasteiger partial charge on any atom is -0.0266 e. The van der Waals surface area contributed by atoms with E-state index >= 15 is 0 Å². The fraction of sp³-hybridized carbons (Fsp3) is 1.00. The van der Waals surface area contributed by atoms with Crippen LogP contribution in [0.3, 0.4) is 0 Å². The Morgan fingerprint density at radius 3 is 1.45 bits per heavy atom. The highest BCUT2D eigenvalue weighted by Gasteiger charge is 2.61. The van der Waals surface area contributed by atoms with Crippen LogP contribution in [0, 0.1) is 22.7 Å². The predicted octanol–water partition coefficient (Wildman–Crippen LogP) is 3.22. The van der Waals surface area contributed by atoms with Gasteiger partial charge in [-0.2, -0.15) is 0 Å². The lowest BCUT2D eigenvalue weighted by molar-refractivity contribution is 0.157. The zero-order chi connectivity index (χ0) is 7.69. The average Bonchev–Trinajstić information content (AvgIpc) is 2.07. The molecular formula is C11H18. The molecule has 0 heterocycles. The highest BCUT2D eigenvalue weighted by Crippen LogP contribution is 2.71. The Balaban J connectivity index is 2.10. The van der Waals surface area contributed by atoms with E-state index in [1.807, 2.05) is 0 Å². The Morgan fingerprint density at radius 1 is 0.818 bits per heavy atom. The molecule has 4 bridgehead atoms. The third-order valence-electron chi connectivity index (χ3n) is 5.08. The van der Waals surface area contributed by atoms with Crippen LogP contribution in [0.2, 0.25) is 0 Å². The summed E-state index contributed by atoms with van der Waals surface area (Å²) in [5.74, 6) is 2.25. The maximum absolute atomic E-state index is 2.55. The fourth-order valence-corrected chi connectivity index (χ4v) is 4.65. The van der Waals surface area contributed by atoms with Gasteiger partial charge in [-0.05, 0) is 54.8 Å². The van der Waals surface area contributed by atoms with E-state index in [1.165, 1.54) is 0 Å². The van der Waals surface area contributed by atoms with Gasteiger partial charge in [0.15, 0.2) is 0 Å². The summed E-state index contributed by atoms with van der Waals surface area (Å²) in [7, 11) is 0. The van der Waals surface area contributed by atoms with Crippen LogP contribution in [-0.2, 0) is 0 Å². The van der Waals surface area contributed by atoms with Gasteiger partial charge in [0.1, 0.15) is 0 Å². The van der Waals surface area contributed by atoms with Crippen molar-refractivity contribution in [3.05, 3.63) is 0 Å². The van der Waals surface area contributed by atoms with Gasteiger partial charge in [0, 0.05) is 0 Å². The Hall–Kier alpha value is 0. The van der Waals surface area contributed by atoms with E-state index in [1.54, 1.807) is 32.1 Å². The molecule has 0 saturated heterocycles. The van der Waals surface area contributed by atoms with Gasteiger partial charge in [0.05, 0.1) is 0 Å². The van der Waals surface area contributed by atoms with Gasteiger partial charge in [-0.3, -0.25) is 0 Å². The molecule has 0 unspecified atom stereocenters. The van der Waals surface area contributed by atoms with Gasteiger partial charge in [0.25, 0.3) is 0 Å². The first-order valence-corrected chi connectivity index (χ1v) is 5.11. The Labute approximate surface area is 69.4 Å². The van der Waals surface area contributed by atoms with Gasteiger partial charge in [-0.25, -0.2) is 0 Å². The van der Waals surface area contributed by atoms with E-state index in [0.29, 0.717) is 0 Å². The molecule has 0 amide bonds. The van der Waals surface area contributed by atoms with Crippen molar-refractivity contribution >= 4 is 0 Å². The number of hydrogen-bond acceptors (Lipinski definition) is 0. The Bertz CT molecular complexity index is 170. The van der Waals surface area contributed by atoms with Crippen LogP contribution in [0.4, 0.5) is 0 Å². The van der Waals surface area contributed by atoms with Gasteiger partial charge in [-0.1, -0.05) is 13.8 Å². The van der Waals surface area contributed by atoms with Crippen molar-refractivity contribution in [2.45, 2.75) is 46.0 Å². The molecule has 0 aliphatic heterocycles. The van der Waals surface area contributed by atoms with E-state index in [2.05, 4.69) is 13.8 Å². The van der Waals surface area contributed by atoms with Crippen molar-refractivity contribution in [3.8, 4) is 0 Å². The SMILES string of the molecule is CC12CC3CC(C1)CC2(C)C3. The first-order valence-electron chi connectivity index (χ1n) is 5.11. The van der Waals surface area contributed by atoms with Crippen molar-refractivity contribution in [3.63, 3.8) is 0 Å². The molecule has 4 aliphatic carbocycles. The average molecular weight is 150 g/mol. The second-order valence-electron chi connectivity index (χ2n) is 5.91. The lowest BCUT2D eigenvalue weighted by Gasteiger charge is -2.34. The van der Waals surface area contributed by atoms with Crippen LogP contribution < -0.4 is 0 Å². The minimum absolute atomic E-state index is 0.764. The lowest BCUT2D eigenvalue weighted by atomic mass is 9.71. The number of hydrogen-bond donors (Lipinski definition) is 0. The topological polar surface area (TPSA) is 0 Å².